The first-order chi connectivity index (χ1) is 12.5. The molecule has 0 saturated carbocycles. The van der Waals surface area contributed by atoms with E-state index in [0.29, 0.717) is 11.5 Å². The number of nitrogens with zero attached hydrogens (tertiary/aromatic N) is 4. The number of benzene rings is 1. The Hall–Kier alpha value is -2.04. The van der Waals surface area contributed by atoms with Gasteiger partial charge in [-0.05, 0) is 42.0 Å². The third-order valence-corrected chi connectivity index (χ3v) is 5.51. The number of nitriles is 1. The summed E-state index contributed by atoms with van der Waals surface area (Å²) >= 11 is 7.64. The molecule has 1 aromatic rings. The Bertz CT molecular complexity index is 793. The molecule has 2 aliphatic heterocycles. The van der Waals surface area contributed by atoms with Gasteiger partial charge >= 0.3 is 0 Å². The lowest BCUT2D eigenvalue weighted by molar-refractivity contribution is 0.502. The van der Waals surface area contributed by atoms with E-state index >= 15 is 0 Å². The van der Waals surface area contributed by atoms with Crippen molar-refractivity contribution in [3.63, 3.8) is 0 Å². The Labute approximate surface area is 168 Å². The molecule has 0 amide bonds. The zero-order chi connectivity index (χ0) is 19.1. The van der Waals surface area contributed by atoms with Gasteiger partial charge in [-0.15, -0.1) is 0 Å². The molecule has 3 rings (SSSR count). The fraction of sp³-hybridized carbons (Fsp3) is 0.316. The summed E-state index contributed by atoms with van der Waals surface area (Å²) in [4.78, 5) is 11.0. The second kappa shape index (κ2) is 9.60. The minimum atomic E-state index is 0.188. The maximum absolute atomic E-state index is 8.67. The number of amidine groups is 1. The van der Waals surface area contributed by atoms with Gasteiger partial charge in [-0.25, -0.2) is 4.99 Å². The first kappa shape index (κ1) is 20.3. The Kier molecular flexibility index (Phi) is 7.49. The summed E-state index contributed by atoms with van der Waals surface area (Å²) in [5, 5.41) is 10.3. The number of guanidine groups is 1. The topological polar surface area (TPSA) is 77.8 Å². The van der Waals surface area contributed by atoms with Crippen molar-refractivity contribution in [3.8, 4) is 6.07 Å². The first-order valence-electron chi connectivity index (χ1n) is 8.28. The number of thiol groups is 1. The van der Waals surface area contributed by atoms with Crippen LogP contribution in [0, 0.1) is 11.3 Å². The molecule has 2 atom stereocenters. The normalized spacial score (nSPS) is 22.1. The second-order valence-electron chi connectivity index (χ2n) is 5.86. The Morgan fingerprint density at radius 2 is 2.31 bits per heavy atom. The van der Waals surface area contributed by atoms with Crippen LogP contribution < -0.4 is 5.73 Å². The van der Waals surface area contributed by atoms with Crippen LogP contribution in [-0.2, 0) is 0 Å². The lowest BCUT2D eigenvalue weighted by atomic mass is 10.1. The molecule has 2 aliphatic rings. The van der Waals surface area contributed by atoms with E-state index < -0.39 is 0 Å². The number of nitrogens with two attached hydrogens (primary N) is 1. The third-order valence-electron chi connectivity index (χ3n) is 4.06. The highest BCUT2D eigenvalue weighted by Crippen LogP contribution is 2.21. The number of aliphatic imine (C=N–C) groups is 2. The number of hydrogen-bond acceptors (Lipinski definition) is 6. The van der Waals surface area contributed by atoms with Crippen molar-refractivity contribution < 1.29 is 0 Å². The number of allylic oxidation sites excluding steroid dienone is 2. The van der Waals surface area contributed by atoms with Crippen LogP contribution in [0.1, 0.15) is 24.5 Å². The molecule has 0 radical (unpaired) electrons. The smallest absolute Gasteiger partial charge is 0.197 e. The zero-order valence-corrected chi connectivity index (χ0v) is 17.1. The van der Waals surface area contributed by atoms with Gasteiger partial charge in [0.25, 0.3) is 0 Å². The molecule has 0 spiro atoms. The molecule has 136 valence electrons. The van der Waals surface area contributed by atoms with E-state index in [2.05, 4.69) is 51.2 Å². The quantitative estimate of drug-likeness (QED) is 0.426. The van der Waals surface area contributed by atoms with Gasteiger partial charge in [-0.3, -0.25) is 4.99 Å². The lowest BCUT2D eigenvalue weighted by Gasteiger charge is -2.36. The number of alkyl halides is 1. The molecule has 26 heavy (non-hydrogen) atoms. The Morgan fingerprint density at radius 1 is 1.54 bits per heavy atom. The van der Waals surface area contributed by atoms with E-state index in [-0.39, 0.29) is 10.9 Å². The average molecular weight is 432 g/mol. The fourth-order valence-electron chi connectivity index (χ4n) is 2.66. The van der Waals surface area contributed by atoms with E-state index in [9.17, 15) is 0 Å². The largest absolute Gasteiger partial charge is 0.369 e. The van der Waals surface area contributed by atoms with Crippen LogP contribution in [0.3, 0.4) is 0 Å². The third kappa shape index (κ3) is 4.77. The van der Waals surface area contributed by atoms with Gasteiger partial charge in [0.2, 0.25) is 0 Å². The summed E-state index contributed by atoms with van der Waals surface area (Å²) in [5.74, 6) is 1.66. The van der Waals surface area contributed by atoms with E-state index in [1.54, 1.807) is 17.6 Å². The average Bonchev–Trinajstić information content (AvgIpc) is 2.68. The monoisotopic (exact) mass is 431 g/mol. The maximum Gasteiger partial charge on any atom is 0.197 e. The molecule has 7 heteroatoms. The van der Waals surface area contributed by atoms with Crippen molar-refractivity contribution in [2.24, 2.45) is 15.7 Å². The zero-order valence-electron chi connectivity index (χ0n) is 14.6. The van der Waals surface area contributed by atoms with Gasteiger partial charge in [0.15, 0.2) is 5.96 Å². The lowest BCUT2D eigenvalue weighted by Crippen LogP contribution is -2.54. The van der Waals surface area contributed by atoms with Crippen molar-refractivity contribution in [2.45, 2.75) is 24.2 Å². The Balaban J connectivity index is 0.000000187. The highest BCUT2D eigenvalue weighted by molar-refractivity contribution is 9.10. The molecule has 0 aliphatic carbocycles. The van der Waals surface area contributed by atoms with Crippen LogP contribution in [0.4, 0.5) is 0 Å². The summed E-state index contributed by atoms with van der Waals surface area (Å²) in [7, 11) is 0. The van der Waals surface area contributed by atoms with E-state index in [4.69, 9.17) is 11.0 Å². The van der Waals surface area contributed by atoms with Crippen molar-refractivity contribution in [3.05, 3.63) is 53.5 Å². The van der Waals surface area contributed by atoms with Crippen LogP contribution in [0.15, 0.2) is 52.3 Å². The van der Waals surface area contributed by atoms with Crippen LogP contribution in [0.5, 0.6) is 0 Å². The van der Waals surface area contributed by atoms with Gasteiger partial charge in [0.05, 0.1) is 22.5 Å². The first-order valence-corrected chi connectivity index (χ1v) is 9.71. The molecule has 0 bridgehead atoms. The SMILES string of the molecule is C=C/C(=C\S)c1cccc(C#N)c1.C[C@H]1N=C(N)N2CCCN=C2C1Br. The van der Waals surface area contributed by atoms with Crippen LogP contribution in [0.25, 0.3) is 5.57 Å². The molecule has 0 fully saturated rings. The van der Waals surface area contributed by atoms with Crippen LogP contribution in [0.2, 0.25) is 0 Å². The van der Waals surface area contributed by atoms with Crippen molar-refractivity contribution in [1.29, 1.82) is 5.26 Å². The molecule has 0 aromatic heterocycles. The summed E-state index contributed by atoms with van der Waals surface area (Å²) in [5.41, 5.74) is 8.34. The number of fused-ring (bicyclic) bond motifs is 1. The van der Waals surface area contributed by atoms with Gasteiger partial charge < -0.3 is 10.6 Å². The van der Waals surface area contributed by atoms with Gasteiger partial charge in [0, 0.05) is 13.1 Å². The van der Waals surface area contributed by atoms with E-state index in [1.807, 2.05) is 30.0 Å². The number of hydrogen-bond donors (Lipinski definition) is 2. The summed E-state index contributed by atoms with van der Waals surface area (Å²) in [6.45, 7) is 7.56. The number of halogens is 1. The van der Waals surface area contributed by atoms with Gasteiger partial charge in [0.1, 0.15) is 5.84 Å². The highest BCUT2D eigenvalue weighted by Gasteiger charge is 2.32. The molecule has 5 nitrogen and oxygen atoms in total. The van der Waals surface area contributed by atoms with Gasteiger partial charge in [-0.1, -0.05) is 40.7 Å². The fourth-order valence-corrected chi connectivity index (χ4v) is 3.43. The number of rotatable bonds is 2. The predicted octanol–water partition coefficient (Wildman–Crippen LogP) is 3.59. The molecule has 1 unspecified atom stereocenters. The molecular formula is C19H22BrN5S. The van der Waals surface area contributed by atoms with E-state index in [1.165, 1.54) is 0 Å². The molecular weight excluding hydrogens is 410 g/mol. The minimum absolute atomic E-state index is 0.188. The summed E-state index contributed by atoms with van der Waals surface area (Å²) in [6, 6.07) is 9.61. The molecule has 2 heterocycles. The van der Waals surface area contributed by atoms with E-state index in [0.717, 1.165) is 36.5 Å². The standard InChI is InChI=1S/C11H9NS.C8H13BrN4/c1-2-10(8-13)11-5-3-4-9(6-11)7-12;1-5-6(9)7-11-3-2-4-13(7)8(10)12-5/h2-6,8,13H,1H2;5-6H,2-4H2,1H3,(H2,10,12)/b10-8+;/t;5-,6?/m.1/s1. The predicted molar refractivity (Wildman–Crippen MR) is 116 cm³/mol. The molecule has 1 aromatic carbocycles. The molecule has 2 N–H and O–H groups in total. The Morgan fingerprint density at radius 3 is 2.96 bits per heavy atom. The summed E-state index contributed by atoms with van der Waals surface area (Å²) < 4.78 is 0. The van der Waals surface area contributed by atoms with Crippen molar-refractivity contribution >= 4 is 45.9 Å². The second-order valence-corrected chi connectivity index (χ2v) is 7.10. The van der Waals surface area contributed by atoms with Crippen LogP contribution >= 0.6 is 28.6 Å². The van der Waals surface area contributed by atoms with Crippen molar-refractivity contribution in [1.82, 2.24) is 4.90 Å². The molecule has 0 saturated heterocycles. The van der Waals surface area contributed by atoms with Gasteiger partial charge in [-0.2, -0.15) is 17.9 Å². The maximum atomic E-state index is 8.67. The van der Waals surface area contributed by atoms with Crippen molar-refractivity contribution in [2.75, 3.05) is 13.1 Å². The summed E-state index contributed by atoms with van der Waals surface area (Å²) in [6.07, 6.45) is 2.78. The van der Waals surface area contributed by atoms with Crippen LogP contribution in [-0.4, -0.2) is 40.7 Å². The minimum Gasteiger partial charge on any atom is -0.369 e. The highest BCUT2D eigenvalue weighted by atomic mass is 79.9.